The highest BCUT2D eigenvalue weighted by molar-refractivity contribution is 5.75. The van der Waals surface area contributed by atoms with Crippen LogP contribution < -0.4 is 10.6 Å². The van der Waals surface area contributed by atoms with Crippen molar-refractivity contribution < 1.29 is 18.3 Å². The highest BCUT2D eigenvalue weighted by Crippen LogP contribution is 2.34. The van der Waals surface area contributed by atoms with Crippen LogP contribution in [0.25, 0.3) is 11.3 Å². The second kappa shape index (κ2) is 8.74. The molecule has 0 radical (unpaired) electrons. The first-order chi connectivity index (χ1) is 15.2. The number of nitrogens with zero attached hydrogens (tertiary/aromatic N) is 3. The van der Waals surface area contributed by atoms with E-state index in [1.165, 1.54) is 18.0 Å². The van der Waals surface area contributed by atoms with Crippen LogP contribution in [0.3, 0.4) is 0 Å². The van der Waals surface area contributed by atoms with Crippen molar-refractivity contribution in [2.45, 2.75) is 51.4 Å². The van der Waals surface area contributed by atoms with Crippen molar-refractivity contribution in [2.75, 3.05) is 10.6 Å². The molecule has 1 aliphatic rings. The number of hydrogen-bond acceptors (Lipinski definition) is 6. The van der Waals surface area contributed by atoms with Crippen LogP contribution >= 0.6 is 0 Å². The van der Waals surface area contributed by atoms with Crippen LogP contribution in [-0.2, 0) is 19.0 Å². The number of fused-ring (bicyclic) bond motifs is 1. The first-order valence-corrected chi connectivity index (χ1v) is 10.4. The predicted octanol–water partition coefficient (Wildman–Crippen LogP) is 4.97. The molecule has 1 unspecified atom stereocenters. The van der Waals surface area contributed by atoms with E-state index in [0.717, 1.165) is 30.2 Å². The number of halogens is 3. The third kappa shape index (κ3) is 4.83. The number of aliphatic hydroxyl groups excluding tert-OH is 1. The average molecular weight is 443 g/mol. The van der Waals surface area contributed by atoms with Gasteiger partial charge in [0.15, 0.2) is 0 Å². The number of aryl methyl sites for hydroxylation is 1. The molecule has 4 rings (SSSR count). The van der Waals surface area contributed by atoms with Crippen LogP contribution in [-0.4, -0.2) is 32.2 Å². The van der Waals surface area contributed by atoms with E-state index in [1.807, 2.05) is 26.0 Å². The molecule has 3 aromatic rings. The predicted molar refractivity (Wildman–Crippen MR) is 117 cm³/mol. The van der Waals surface area contributed by atoms with Gasteiger partial charge in [-0.05, 0) is 56.0 Å². The fraction of sp³-hybridized carbons (Fsp3) is 0.348. The van der Waals surface area contributed by atoms with Gasteiger partial charge in [0.2, 0.25) is 0 Å². The summed E-state index contributed by atoms with van der Waals surface area (Å²) in [6.07, 6.45) is -1.46. The summed E-state index contributed by atoms with van der Waals surface area (Å²) in [7, 11) is 0. The molecule has 6 nitrogen and oxygen atoms in total. The molecule has 32 heavy (non-hydrogen) atoms. The van der Waals surface area contributed by atoms with E-state index in [4.69, 9.17) is 0 Å². The SMILES string of the molecule is CC(C)Nc1nc(C(F)(F)F)ccc1-c1cc(Nc2cccc3c2CC(O)CC3)ncn1. The Hall–Kier alpha value is -3.20. The Kier molecular flexibility index (Phi) is 6.01. The first kappa shape index (κ1) is 22.0. The van der Waals surface area contributed by atoms with Gasteiger partial charge in [-0.15, -0.1) is 0 Å². The maximum atomic E-state index is 13.2. The minimum Gasteiger partial charge on any atom is -0.393 e. The third-order valence-electron chi connectivity index (χ3n) is 5.28. The second-order valence-electron chi connectivity index (χ2n) is 8.14. The molecule has 1 atom stereocenters. The second-order valence-corrected chi connectivity index (χ2v) is 8.14. The zero-order valence-electron chi connectivity index (χ0n) is 17.7. The molecule has 0 bridgehead atoms. The van der Waals surface area contributed by atoms with E-state index in [9.17, 15) is 18.3 Å². The number of nitrogens with one attached hydrogen (secondary N) is 2. The Balaban J connectivity index is 1.68. The Labute approximate surface area is 184 Å². The Bertz CT molecular complexity index is 1120. The van der Waals surface area contributed by atoms with Crippen molar-refractivity contribution in [2.24, 2.45) is 0 Å². The molecule has 0 saturated carbocycles. The van der Waals surface area contributed by atoms with Gasteiger partial charge in [0.1, 0.15) is 23.7 Å². The normalized spacial score (nSPS) is 16.0. The lowest BCUT2D eigenvalue weighted by Crippen LogP contribution is -2.19. The van der Waals surface area contributed by atoms with E-state index >= 15 is 0 Å². The lowest BCUT2D eigenvalue weighted by Gasteiger charge is -2.23. The van der Waals surface area contributed by atoms with E-state index < -0.39 is 11.9 Å². The van der Waals surface area contributed by atoms with Gasteiger partial charge in [-0.1, -0.05) is 12.1 Å². The number of rotatable bonds is 5. The Morgan fingerprint density at radius 1 is 1.12 bits per heavy atom. The maximum absolute atomic E-state index is 13.2. The molecule has 0 aliphatic heterocycles. The smallest absolute Gasteiger partial charge is 0.393 e. The number of alkyl halides is 3. The molecule has 2 heterocycles. The molecular formula is C23H24F3N5O. The summed E-state index contributed by atoms with van der Waals surface area (Å²) < 4.78 is 39.5. The molecule has 0 spiro atoms. The van der Waals surface area contributed by atoms with Crippen molar-refractivity contribution in [1.29, 1.82) is 0 Å². The standard InChI is InChI=1S/C23H24F3N5O/c1-13(2)29-22-16(8-9-20(31-22)23(24,25)26)19-11-21(28-12-27-19)30-18-5-3-4-14-6-7-15(32)10-17(14)18/h3-5,8-9,11-13,15,32H,6-7,10H2,1-2H3,(H,29,31)(H,27,28,30). The summed E-state index contributed by atoms with van der Waals surface area (Å²) in [6, 6.07) is 9.80. The number of anilines is 3. The minimum atomic E-state index is -4.54. The summed E-state index contributed by atoms with van der Waals surface area (Å²) in [5.74, 6) is 0.610. The topological polar surface area (TPSA) is 83.0 Å². The van der Waals surface area contributed by atoms with Crippen molar-refractivity contribution in [3.8, 4) is 11.3 Å². The maximum Gasteiger partial charge on any atom is 0.433 e. The average Bonchev–Trinajstić information content (AvgIpc) is 2.73. The number of hydrogen-bond donors (Lipinski definition) is 3. The summed E-state index contributed by atoms with van der Waals surface area (Å²) in [6.45, 7) is 3.65. The van der Waals surface area contributed by atoms with Gasteiger partial charge in [-0.2, -0.15) is 13.2 Å². The Morgan fingerprint density at radius 2 is 1.94 bits per heavy atom. The third-order valence-corrected chi connectivity index (χ3v) is 5.28. The largest absolute Gasteiger partial charge is 0.433 e. The van der Waals surface area contributed by atoms with Gasteiger partial charge >= 0.3 is 6.18 Å². The van der Waals surface area contributed by atoms with Gasteiger partial charge in [0.05, 0.1) is 11.8 Å². The van der Waals surface area contributed by atoms with Gasteiger partial charge in [-0.3, -0.25) is 0 Å². The lowest BCUT2D eigenvalue weighted by atomic mass is 9.88. The van der Waals surface area contributed by atoms with Crippen LogP contribution in [0.4, 0.5) is 30.5 Å². The lowest BCUT2D eigenvalue weighted by molar-refractivity contribution is -0.141. The van der Waals surface area contributed by atoms with Gasteiger partial charge in [0, 0.05) is 29.8 Å². The molecular weight excluding hydrogens is 419 g/mol. The van der Waals surface area contributed by atoms with Crippen molar-refractivity contribution in [3.05, 3.63) is 59.5 Å². The Morgan fingerprint density at radius 3 is 2.69 bits per heavy atom. The minimum absolute atomic E-state index is 0.111. The van der Waals surface area contributed by atoms with Crippen molar-refractivity contribution in [1.82, 2.24) is 15.0 Å². The summed E-state index contributed by atoms with van der Waals surface area (Å²) >= 11 is 0. The van der Waals surface area contributed by atoms with Crippen molar-refractivity contribution >= 4 is 17.3 Å². The van der Waals surface area contributed by atoms with Gasteiger partial charge in [-0.25, -0.2) is 15.0 Å². The summed E-state index contributed by atoms with van der Waals surface area (Å²) in [5, 5.41) is 16.3. The van der Waals surface area contributed by atoms with E-state index in [2.05, 4.69) is 31.7 Å². The monoisotopic (exact) mass is 443 g/mol. The highest BCUT2D eigenvalue weighted by atomic mass is 19.4. The van der Waals surface area contributed by atoms with Gasteiger partial charge in [0.25, 0.3) is 0 Å². The molecule has 0 fully saturated rings. The van der Waals surface area contributed by atoms with Crippen molar-refractivity contribution in [3.63, 3.8) is 0 Å². The van der Waals surface area contributed by atoms with Crippen LogP contribution in [0.2, 0.25) is 0 Å². The molecule has 2 aromatic heterocycles. The fourth-order valence-electron chi connectivity index (χ4n) is 3.80. The van der Waals surface area contributed by atoms with Crippen LogP contribution in [0, 0.1) is 0 Å². The molecule has 3 N–H and O–H groups in total. The van der Waals surface area contributed by atoms with E-state index in [1.54, 1.807) is 6.07 Å². The fourth-order valence-corrected chi connectivity index (χ4v) is 3.80. The molecule has 168 valence electrons. The number of benzene rings is 1. The molecule has 0 amide bonds. The molecule has 1 aliphatic carbocycles. The first-order valence-electron chi connectivity index (χ1n) is 10.4. The molecule has 0 saturated heterocycles. The van der Waals surface area contributed by atoms with Gasteiger partial charge < -0.3 is 15.7 Å². The quantitative estimate of drug-likeness (QED) is 0.516. The summed E-state index contributed by atoms with van der Waals surface area (Å²) in [4.78, 5) is 12.3. The van der Waals surface area contributed by atoms with E-state index in [-0.39, 0.29) is 18.0 Å². The molecule has 9 heteroatoms. The number of aromatic nitrogens is 3. The van der Waals surface area contributed by atoms with Crippen LogP contribution in [0.15, 0.2) is 42.7 Å². The number of pyridine rings is 1. The number of aliphatic hydroxyl groups is 1. The summed E-state index contributed by atoms with van der Waals surface area (Å²) in [5.41, 5.74) is 3.00. The van der Waals surface area contributed by atoms with Crippen LogP contribution in [0.1, 0.15) is 37.1 Å². The van der Waals surface area contributed by atoms with E-state index in [0.29, 0.717) is 23.5 Å². The zero-order valence-corrected chi connectivity index (χ0v) is 17.7. The zero-order chi connectivity index (χ0) is 22.9. The highest BCUT2D eigenvalue weighted by Gasteiger charge is 2.33. The molecule has 1 aromatic carbocycles. The van der Waals surface area contributed by atoms with Crippen LogP contribution in [0.5, 0.6) is 0 Å².